The summed E-state index contributed by atoms with van der Waals surface area (Å²) in [5, 5.41) is 0. The lowest BCUT2D eigenvalue weighted by Gasteiger charge is -2.11. The van der Waals surface area contributed by atoms with Gasteiger partial charge in [0.15, 0.2) is 0 Å². The summed E-state index contributed by atoms with van der Waals surface area (Å²) in [6.45, 7) is 1.57. The number of benzene rings is 2. The summed E-state index contributed by atoms with van der Waals surface area (Å²) in [4.78, 5) is 0. The summed E-state index contributed by atoms with van der Waals surface area (Å²) in [6, 6.07) is 6.07. The molecule has 0 aliphatic heterocycles. The summed E-state index contributed by atoms with van der Waals surface area (Å²) in [5.41, 5.74) is 0.492. The second kappa shape index (κ2) is 4.87. The molecule has 0 unspecified atom stereocenters. The minimum atomic E-state index is -2.22. The van der Waals surface area contributed by atoms with E-state index in [1.54, 1.807) is 19.1 Å². The zero-order valence-electron chi connectivity index (χ0n) is 9.61. The van der Waals surface area contributed by atoms with Crippen molar-refractivity contribution in [2.45, 2.75) is 6.92 Å². The zero-order valence-corrected chi connectivity index (χ0v) is 9.61. The van der Waals surface area contributed by atoms with E-state index >= 15 is 0 Å². The van der Waals surface area contributed by atoms with Crippen LogP contribution in [0.3, 0.4) is 0 Å². The quantitative estimate of drug-likeness (QED) is 0.445. The van der Waals surface area contributed by atoms with Crippen LogP contribution in [0.15, 0.2) is 24.3 Å². The largest absolute Gasteiger partial charge is 0.451 e. The van der Waals surface area contributed by atoms with Gasteiger partial charge in [0.05, 0.1) is 0 Å². The molecule has 0 aliphatic carbocycles. The molecule has 2 aromatic rings. The van der Waals surface area contributed by atoms with Gasteiger partial charge >= 0.3 is 0 Å². The predicted molar refractivity (Wildman–Crippen MR) is 57.5 cm³/mol. The van der Waals surface area contributed by atoms with Gasteiger partial charge in [-0.1, -0.05) is 18.2 Å². The van der Waals surface area contributed by atoms with Crippen molar-refractivity contribution in [3.05, 3.63) is 58.9 Å². The molecule has 6 heteroatoms. The van der Waals surface area contributed by atoms with Crippen LogP contribution in [0.5, 0.6) is 11.5 Å². The van der Waals surface area contributed by atoms with Crippen molar-refractivity contribution < 1.29 is 26.7 Å². The highest BCUT2D eigenvalue weighted by Crippen LogP contribution is 2.33. The van der Waals surface area contributed by atoms with Crippen LogP contribution in [0.4, 0.5) is 22.0 Å². The molecule has 0 fully saturated rings. The van der Waals surface area contributed by atoms with Crippen LogP contribution >= 0.6 is 0 Å². The van der Waals surface area contributed by atoms with Crippen molar-refractivity contribution in [3.8, 4) is 11.5 Å². The molecule has 0 radical (unpaired) electrons. The van der Waals surface area contributed by atoms with E-state index in [-0.39, 0.29) is 5.75 Å². The summed E-state index contributed by atoms with van der Waals surface area (Å²) in [5.74, 6) is -11.6. The molecular formula is C13H7F5O. The van der Waals surface area contributed by atoms with Gasteiger partial charge in [-0.05, 0) is 18.6 Å². The Morgan fingerprint density at radius 2 is 1.21 bits per heavy atom. The molecule has 0 heterocycles. The third kappa shape index (κ3) is 2.25. The molecular weight excluding hydrogens is 267 g/mol. The van der Waals surface area contributed by atoms with Crippen LogP contribution in [0.1, 0.15) is 5.56 Å². The molecule has 0 aromatic heterocycles. The Morgan fingerprint density at radius 1 is 0.737 bits per heavy atom. The van der Waals surface area contributed by atoms with E-state index in [2.05, 4.69) is 0 Å². The smallest absolute Gasteiger partial charge is 0.207 e. The molecule has 0 spiro atoms. The second-order valence-electron chi connectivity index (χ2n) is 3.77. The minimum Gasteiger partial charge on any atom is -0.451 e. The van der Waals surface area contributed by atoms with Gasteiger partial charge in [-0.25, -0.2) is 13.2 Å². The molecule has 0 aliphatic rings. The number of hydrogen-bond acceptors (Lipinski definition) is 1. The topological polar surface area (TPSA) is 9.23 Å². The normalized spacial score (nSPS) is 10.6. The molecule has 1 nitrogen and oxygen atoms in total. The SMILES string of the molecule is Cc1ccccc1Oc1c(F)c(F)c(F)c(F)c1F. The molecule has 2 rings (SSSR count). The Balaban J connectivity index is 2.56. The van der Waals surface area contributed by atoms with Crippen molar-refractivity contribution in [1.29, 1.82) is 0 Å². The van der Waals surface area contributed by atoms with E-state index < -0.39 is 34.8 Å². The van der Waals surface area contributed by atoms with E-state index in [0.29, 0.717) is 5.56 Å². The van der Waals surface area contributed by atoms with Gasteiger partial charge in [0.1, 0.15) is 5.75 Å². The van der Waals surface area contributed by atoms with Crippen LogP contribution < -0.4 is 4.74 Å². The van der Waals surface area contributed by atoms with Crippen LogP contribution in [-0.2, 0) is 0 Å². The summed E-state index contributed by atoms with van der Waals surface area (Å²) >= 11 is 0. The third-order valence-corrected chi connectivity index (χ3v) is 2.48. The highest BCUT2D eigenvalue weighted by molar-refractivity contribution is 5.39. The van der Waals surface area contributed by atoms with E-state index in [1.165, 1.54) is 12.1 Å². The molecule has 0 N–H and O–H groups in total. The summed E-state index contributed by atoms with van der Waals surface area (Å²) in [7, 11) is 0. The standard InChI is InChI=1S/C13H7F5O/c1-6-4-2-3-5-7(6)19-13-11(17)9(15)8(14)10(16)12(13)18/h2-5H,1H3. The van der Waals surface area contributed by atoms with Crippen molar-refractivity contribution in [3.63, 3.8) is 0 Å². The van der Waals surface area contributed by atoms with Gasteiger partial charge in [-0.3, -0.25) is 0 Å². The van der Waals surface area contributed by atoms with E-state index in [1.807, 2.05) is 0 Å². The van der Waals surface area contributed by atoms with E-state index in [9.17, 15) is 22.0 Å². The Labute approximate surface area is 105 Å². The van der Waals surface area contributed by atoms with Crippen molar-refractivity contribution in [1.82, 2.24) is 0 Å². The van der Waals surface area contributed by atoms with Crippen molar-refractivity contribution >= 4 is 0 Å². The van der Waals surface area contributed by atoms with Crippen molar-refractivity contribution in [2.75, 3.05) is 0 Å². The molecule has 100 valence electrons. The average Bonchev–Trinajstić information content (AvgIpc) is 2.41. The lowest BCUT2D eigenvalue weighted by Crippen LogP contribution is -2.04. The first kappa shape index (κ1) is 13.3. The van der Waals surface area contributed by atoms with Gasteiger partial charge in [0.2, 0.25) is 34.8 Å². The maximum atomic E-state index is 13.4. The molecule has 0 saturated carbocycles. The molecule has 0 saturated heterocycles. The lowest BCUT2D eigenvalue weighted by molar-refractivity contribution is 0.331. The molecule has 2 aromatic carbocycles. The summed E-state index contributed by atoms with van der Waals surface area (Å²) < 4.78 is 70.3. The van der Waals surface area contributed by atoms with Crippen molar-refractivity contribution in [2.24, 2.45) is 0 Å². The number of aryl methyl sites for hydroxylation is 1. The van der Waals surface area contributed by atoms with Gasteiger partial charge in [0, 0.05) is 0 Å². The average molecular weight is 274 g/mol. The first-order valence-electron chi connectivity index (χ1n) is 5.18. The number of para-hydroxylation sites is 1. The fourth-order valence-corrected chi connectivity index (χ4v) is 1.46. The van der Waals surface area contributed by atoms with Crippen LogP contribution in [0.2, 0.25) is 0 Å². The third-order valence-electron chi connectivity index (χ3n) is 2.48. The van der Waals surface area contributed by atoms with Gasteiger partial charge in [0.25, 0.3) is 0 Å². The molecule has 0 bridgehead atoms. The van der Waals surface area contributed by atoms with Crippen LogP contribution in [-0.4, -0.2) is 0 Å². The fraction of sp³-hybridized carbons (Fsp3) is 0.0769. The number of halogens is 5. The maximum absolute atomic E-state index is 13.4. The predicted octanol–water partition coefficient (Wildman–Crippen LogP) is 4.48. The van der Waals surface area contributed by atoms with E-state index in [4.69, 9.17) is 4.74 Å². The first-order chi connectivity index (χ1) is 8.93. The van der Waals surface area contributed by atoms with E-state index in [0.717, 1.165) is 0 Å². The number of rotatable bonds is 2. The Bertz CT molecular complexity index is 610. The highest BCUT2D eigenvalue weighted by Gasteiger charge is 2.27. The highest BCUT2D eigenvalue weighted by atomic mass is 19.2. The van der Waals surface area contributed by atoms with Gasteiger partial charge < -0.3 is 4.74 Å². The molecule has 19 heavy (non-hydrogen) atoms. The molecule has 0 atom stereocenters. The van der Waals surface area contributed by atoms with Crippen LogP contribution in [0, 0.1) is 36.0 Å². The Morgan fingerprint density at radius 3 is 1.74 bits per heavy atom. The van der Waals surface area contributed by atoms with Crippen LogP contribution in [0.25, 0.3) is 0 Å². The zero-order chi connectivity index (χ0) is 14.2. The lowest BCUT2D eigenvalue weighted by atomic mass is 10.2. The first-order valence-corrected chi connectivity index (χ1v) is 5.18. The minimum absolute atomic E-state index is 0.00529. The van der Waals surface area contributed by atoms with Gasteiger partial charge in [-0.15, -0.1) is 0 Å². The summed E-state index contributed by atoms with van der Waals surface area (Å²) in [6.07, 6.45) is 0. The number of hydrogen-bond donors (Lipinski definition) is 0. The molecule has 0 amide bonds. The second-order valence-corrected chi connectivity index (χ2v) is 3.77. The Kier molecular flexibility index (Phi) is 3.42. The monoisotopic (exact) mass is 274 g/mol. The van der Waals surface area contributed by atoms with Gasteiger partial charge in [-0.2, -0.15) is 8.78 Å². The fourth-order valence-electron chi connectivity index (χ4n) is 1.46. The number of ether oxygens (including phenoxy) is 1. The maximum Gasteiger partial charge on any atom is 0.207 e. The Hall–Kier alpha value is -2.11.